The van der Waals surface area contributed by atoms with E-state index in [0.29, 0.717) is 0 Å². The number of amides is 2. The van der Waals surface area contributed by atoms with Crippen LogP contribution in [0.25, 0.3) is 0 Å². The molecular weight excluding hydrogens is 228 g/mol. The van der Waals surface area contributed by atoms with Gasteiger partial charge in [0.15, 0.2) is 0 Å². The van der Waals surface area contributed by atoms with Gasteiger partial charge in [0.05, 0.1) is 7.05 Å². The van der Waals surface area contributed by atoms with E-state index in [-0.39, 0.29) is 12.5 Å². The minimum absolute atomic E-state index is 0.0111. The van der Waals surface area contributed by atoms with Crippen LogP contribution in [0.5, 0.6) is 0 Å². The molecule has 0 fully saturated rings. The van der Waals surface area contributed by atoms with Crippen molar-refractivity contribution in [3.8, 4) is 0 Å². The third kappa shape index (κ3) is 3.89. The Labute approximate surface area is 96.7 Å². The summed E-state index contributed by atoms with van der Waals surface area (Å²) < 4.78 is 0. The van der Waals surface area contributed by atoms with Crippen LogP contribution in [0.2, 0.25) is 0 Å². The van der Waals surface area contributed by atoms with Crippen molar-refractivity contribution in [3.63, 3.8) is 0 Å². The Bertz CT molecular complexity index is 429. The Morgan fingerprint density at radius 1 is 1.65 bits per heavy atom. The maximum absolute atomic E-state index is 11.6. The Morgan fingerprint density at radius 2 is 2.35 bits per heavy atom. The highest BCUT2D eigenvalue weighted by Crippen LogP contribution is 1.98. The lowest BCUT2D eigenvalue weighted by atomic mass is 10.5. The Hall–Kier alpha value is -2.45. The summed E-state index contributed by atoms with van der Waals surface area (Å²) in [5.41, 5.74) is 0. The molecule has 0 saturated carbocycles. The van der Waals surface area contributed by atoms with Gasteiger partial charge in [-0.15, -0.1) is 11.7 Å². The Kier molecular flexibility index (Phi) is 4.14. The molecule has 0 saturated heterocycles. The summed E-state index contributed by atoms with van der Waals surface area (Å²) in [6, 6.07) is -0.625. The zero-order valence-electron chi connectivity index (χ0n) is 9.20. The van der Waals surface area contributed by atoms with Crippen LogP contribution in [0.4, 0.5) is 10.7 Å². The van der Waals surface area contributed by atoms with Crippen molar-refractivity contribution in [2.75, 3.05) is 18.4 Å². The molecule has 0 aliphatic rings. The number of hydrogen-bond donors (Lipinski definition) is 2. The normalized spacial score (nSPS) is 9.71. The highest BCUT2D eigenvalue weighted by atomic mass is 16.4. The first-order valence-corrected chi connectivity index (χ1v) is 4.65. The van der Waals surface area contributed by atoms with Gasteiger partial charge in [0.2, 0.25) is 0 Å². The van der Waals surface area contributed by atoms with E-state index in [0.717, 1.165) is 4.90 Å². The van der Waals surface area contributed by atoms with Gasteiger partial charge in [-0.3, -0.25) is 10.1 Å². The molecule has 1 heterocycles. The molecule has 0 radical (unpaired) electrons. The summed E-state index contributed by atoms with van der Waals surface area (Å²) >= 11 is 0. The molecule has 0 atom stereocenters. The van der Waals surface area contributed by atoms with Gasteiger partial charge in [-0.25, -0.2) is 4.79 Å². The second kappa shape index (κ2) is 5.58. The van der Waals surface area contributed by atoms with E-state index < -0.39 is 18.5 Å². The van der Waals surface area contributed by atoms with Crippen LogP contribution in [0.1, 0.15) is 0 Å². The van der Waals surface area contributed by atoms with Crippen LogP contribution in [0.3, 0.4) is 0 Å². The molecule has 1 rings (SSSR count). The van der Waals surface area contributed by atoms with Crippen LogP contribution in [-0.4, -0.2) is 55.3 Å². The molecule has 2 N–H and O–H groups in total. The van der Waals surface area contributed by atoms with Gasteiger partial charge >= 0.3 is 12.0 Å². The molecule has 0 aliphatic heterocycles. The summed E-state index contributed by atoms with van der Waals surface area (Å²) in [7, 11) is 1.54. The summed E-state index contributed by atoms with van der Waals surface area (Å²) in [6.45, 7) is 3.12. The molecule has 92 valence electrons. The van der Waals surface area contributed by atoms with Crippen molar-refractivity contribution in [2.45, 2.75) is 0 Å². The molecule has 9 heteroatoms. The fraction of sp³-hybridized carbons (Fsp3) is 0.375. The molecule has 1 aromatic heterocycles. The SMILES string of the molecule is C=CCN(CC(=O)O)C(=O)Nc1nnn(C)n1. The van der Waals surface area contributed by atoms with E-state index in [1.807, 2.05) is 0 Å². The van der Waals surface area contributed by atoms with Crippen molar-refractivity contribution in [3.05, 3.63) is 12.7 Å². The van der Waals surface area contributed by atoms with E-state index in [1.165, 1.54) is 10.9 Å². The second-order valence-corrected chi connectivity index (χ2v) is 3.10. The average molecular weight is 240 g/mol. The zero-order chi connectivity index (χ0) is 12.8. The number of anilines is 1. The predicted molar refractivity (Wildman–Crippen MR) is 57.2 cm³/mol. The van der Waals surface area contributed by atoms with E-state index in [1.54, 1.807) is 7.05 Å². The number of carbonyl (C=O) groups is 2. The molecular formula is C8H12N6O3. The largest absolute Gasteiger partial charge is 0.480 e. The molecule has 2 amide bonds. The van der Waals surface area contributed by atoms with Crippen molar-refractivity contribution in [2.24, 2.45) is 7.05 Å². The number of aliphatic carboxylic acids is 1. The first kappa shape index (κ1) is 12.6. The number of tetrazole rings is 1. The quantitative estimate of drug-likeness (QED) is 0.659. The lowest BCUT2D eigenvalue weighted by Crippen LogP contribution is -2.39. The number of urea groups is 1. The van der Waals surface area contributed by atoms with Gasteiger partial charge in [-0.2, -0.15) is 4.80 Å². The first-order valence-electron chi connectivity index (χ1n) is 4.65. The van der Waals surface area contributed by atoms with Gasteiger partial charge in [0, 0.05) is 6.54 Å². The van der Waals surface area contributed by atoms with Crippen molar-refractivity contribution in [1.29, 1.82) is 0 Å². The summed E-state index contributed by atoms with van der Waals surface area (Å²) in [4.78, 5) is 24.4. The molecule has 0 aliphatic carbocycles. The van der Waals surface area contributed by atoms with Crippen LogP contribution in [0.15, 0.2) is 12.7 Å². The number of rotatable bonds is 5. The number of carboxylic acids is 1. The lowest BCUT2D eigenvalue weighted by Gasteiger charge is -2.17. The third-order valence-electron chi connectivity index (χ3n) is 1.69. The van der Waals surface area contributed by atoms with Crippen molar-refractivity contribution >= 4 is 17.9 Å². The van der Waals surface area contributed by atoms with Crippen LogP contribution < -0.4 is 5.32 Å². The molecule has 1 aromatic rings. The van der Waals surface area contributed by atoms with Crippen LogP contribution in [0, 0.1) is 0 Å². The fourth-order valence-electron chi connectivity index (χ4n) is 1.05. The summed E-state index contributed by atoms with van der Waals surface area (Å²) in [5.74, 6) is -1.11. The van der Waals surface area contributed by atoms with E-state index in [4.69, 9.17) is 5.11 Å². The first-order chi connectivity index (χ1) is 8.02. The van der Waals surface area contributed by atoms with Crippen molar-refractivity contribution in [1.82, 2.24) is 25.1 Å². The molecule has 0 spiro atoms. The standard InChI is InChI=1S/C8H12N6O3/c1-3-4-14(5-6(15)16)8(17)9-7-10-12-13(2)11-7/h3H,1,4-5H2,2H3,(H,15,16)(H,9,11,17). The number of carboxylic acid groups (broad SMARTS) is 1. The Balaban J connectivity index is 2.64. The number of carbonyl (C=O) groups excluding carboxylic acids is 1. The van der Waals surface area contributed by atoms with Crippen LogP contribution in [-0.2, 0) is 11.8 Å². The second-order valence-electron chi connectivity index (χ2n) is 3.10. The monoisotopic (exact) mass is 240 g/mol. The molecule has 9 nitrogen and oxygen atoms in total. The smallest absolute Gasteiger partial charge is 0.325 e. The number of nitrogens with zero attached hydrogens (tertiary/aromatic N) is 5. The van der Waals surface area contributed by atoms with Crippen molar-refractivity contribution < 1.29 is 14.7 Å². The van der Waals surface area contributed by atoms with E-state index in [2.05, 4.69) is 27.3 Å². The van der Waals surface area contributed by atoms with Crippen LogP contribution >= 0.6 is 0 Å². The zero-order valence-corrected chi connectivity index (χ0v) is 9.20. The minimum Gasteiger partial charge on any atom is -0.480 e. The maximum Gasteiger partial charge on any atom is 0.325 e. The van der Waals surface area contributed by atoms with Gasteiger partial charge in [0.1, 0.15) is 6.54 Å². The number of aryl methyl sites for hydroxylation is 1. The number of nitrogens with one attached hydrogen (secondary N) is 1. The van der Waals surface area contributed by atoms with Gasteiger partial charge in [0.25, 0.3) is 5.95 Å². The molecule has 0 unspecified atom stereocenters. The number of aromatic nitrogens is 4. The van der Waals surface area contributed by atoms with Gasteiger partial charge in [-0.05, 0) is 5.21 Å². The third-order valence-corrected chi connectivity index (χ3v) is 1.69. The predicted octanol–water partition coefficient (Wildman–Crippen LogP) is -0.685. The average Bonchev–Trinajstić information content (AvgIpc) is 2.62. The number of hydrogen-bond acceptors (Lipinski definition) is 5. The molecule has 17 heavy (non-hydrogen) atoms. The Morgan fingerprint density at radius 3 is 2.82 bits per heavy atom. The maximum atomic E-state index is 11.6. The fourth-order valence-corrected chi connectivity index (χ4v) is 1.05. The highest BCUT2D eigenvalue weighted by molar-refractivity contribution is 5.89. The van der Waals surface area contributed by atoms with Gasteiger partial charge in [-0.1, -0.05) is 11.2 Å². The summed E-state index contributed by atoms with van der Waals surface area (Å²) in [6.07, 6.45) is 1.42. The summed E-state index contributed by atoms with van der Waals surface area (Å²) in [5, 5.41) is 21.8. The van der Waals surface area contributed by atoms with E-state index in [9.17, 15) is 9.59 Å². The van der Waals surface area contributed by atoms with Gasteiger partial charge < -0.3 is 10.0 Å². The highest BCUT2D eigenvalue weighted by Gasteiger charge is 2.16. The molecule has 0 bridgehead atoms. The lowest BCUT2D eigenvalue weighted by molar-refractivity contribution is -0.137. The minimum atomic E-state index is -1.12. The topological polar surface area (TPSA) is 113 Å². The van der Waals surface area contributed by atoms with E-state index >= 15 is 0 Å². The molecule has 0 aromatic carbocycles.